The second kappa shape index (κ2) is 9.73. The van der Waals surface area contributed by atoms with Gasteiger partial charge in [-0.05, 0) is 53.6 Å². The molecule has 0 fully saturated rings. The number of aromatic nitrogens is 5. The summed E-state index contributed by atoms with van der Waals surface area (Å²) >= 11 is 0. The molecule has 0 aliphatic rings. The van der Waals surface area contributed by atoms with Gasteiger partial charge in [0.2, 0.25) is 5.95 Å². The van der Waals surface area contributed by atoms with Crippen molar-refractivity contribution in [2.45, 2.75) is 0 Å². The third-order valence-electron chi connectivity index (χ3n) is 9.31. The Bertz CT molecular complexity index is 2930. The van der Waals surface area contributed by atoms with Crippen LogP contribution >= 0.6 is 0 Å². The highest BCUT2D eigenvalue weighted by atomic mass is 16.1. The molecule has 10 rings (SSSR count). The van der Waals surface area contributed by atoms with Crippen molar-refractivity contribution in [3.8, 4) is 28.3 Å². The van der Waals surface area contributed by atoms with E-state index in [1.807, 2.05) is 48.5 Å². The minimum Gasteiger partial charge on any atom is -0.350 e. The van der Waals surface area contributed by atoms with Gasteiger partial charge in [0.05, 0.1) is 22.2 Å². The molecule has 0 unspecified atom stereocenters. The van der Waals surface area contributed by atoms with Gasteiger partial charge in [-0.25, -0.2) is 9.97 Å². The van der Waals surface area contributed by atoms with E-state index in [1.165, 1.54) is 0 Å². The molecule has 4 heterocycles. The van der Waals surface area contributed by atoms with Gasteiger partial charge in [0, 0.05) is 48.9 Å². The number of benzene rings is 6. The molecular weight excluding hydrogens is 578 g/mol. The molecule has 0 aliphatic heterocycles. The van der Waals surface area contributed by atoms with Crippen molar-refractivity contribution in [3.05, 3.63) is 150 Å². The van der Waals surface area contributed by atoms with Crippen LogP contribution in [0.3, 0.4) is 0 Å². The van der Waals surface area contributed by atoms with Crippen LogP contribution in [0, 0.1) is 0 Å². The first-order valence-corrected chi connectivity index (χ1v) is 15.6. The molecule has 0 radical (unpaired) electrons. The predicted molar refractivity (Wildman–Crippen MR) is 192 cm³/mol. The van der Waals surface area contributed by atoms with E-state index in [0.29, 0.717) is 11.5 Å². The first-order chi connectivity index (χ1) is 23.2. The largest absolute Gasteiger partial charge is 0.350 e. The van der Waals surface area contributed by atoms with E-state index in [1.54, 1.807) is 0 Å². The molecule has 47 heavy (non-hydrogen) atoms. The molecule has 6 nitrogen and oxygen atoms in total. The molecule has 0 aliphatic carbocycles. The van der Waals surface area contributed by atoms with Gasteiger partial charge in [0.25, 0.3) is 5.56 Å². The normalized spacial score (nSPS) is 11.9. The Balaban J connectivity index is 1.21. The Hall–Kier alpha value is -6.53. The molecule has 6 heteroatoms. The number of rotatable bonds is 3. The maximum absolute atomic E-state index is 13.0. The van der Waals surface area contributed by atoms with Gasteiger partial charge >= 0.3 is 0 Å². The zero-order chi connectivity index (χ0) is 31.1. The van der Waals surface area contributed by atoms with Gasteiger partial charge in [0.1, 0.15) is 5.52 Å². The molecule has 0 saturated carbocycles. The first kappa shape index (κ1) is 25.8. The second-order valence-electron chi connectivity index (χ2n) is 12.0. The number of hydrogen-bond donors (Lipinski definition) is 2. The smallest absolute Gasteiger partial charge is 0.272 e. The van der Waals surface area contributed by atoms with Crippen molar-refractivity contribution >= 4 is 65.4 Å². The first-order valence-electron chi connectivity index (χ1n) is 15.6. The van der Waals surface area contributed by atoms with Gasteiger partial charge < -0.3 is 9.97 Å². The topological polar surface area (TPSA) is 79.4 Å². The quantitative estimate of drug-likeness (QED) is 0.211. The van der Waals surface area contributed by atoms with E-state index >= 15 is 0 Å². The van der Waals surface area contributed by atoms with Gasteiger partial charge in [-0.15, -0.1) is 0 Å². The summed E-state index contributed by atoms with van der Waals surface area (Å²) in [7, 11) is 0. The van der Waals surface area contributed by atoms with E-state index < -0.39 is 0 Å². The van der Waals surface area contributed by atoms with Gasteiger partial charge in [-0.3, -0.25) is 9.36 Å². The Morgan fingerprint density at radius 1 is 0.489 bits per heavy atom. The van der Waals surface area contributed by atoms with Crippen LogP contribution in [0.25, 0.3) is 93.8 Å². The number of nitrogens with zero attached hydrogens (tertiary/aromatic N) is 3. The Morgan fingerprint density at radius 3 is 2.02 bits per heavy atom. The molecule has 4 aromatic heterocycles. The molecule has 0 spiro atoms. The van der Waals surface area contributed by atoms with Crippen molar-refractivity contribution < 1.29 is 0 Å². The molecule has 0 bridgehead atoms. The maximum Gasteiger partial charge on any atom is 0.272 e. The molecule has 220 valence electrons. The standard InChI is InChI=1S/C41H25N5O/c47-40-39-37(28-13-4-7-15-32(28)43-40)31-23-25(18-20-34(31)42-39)26-19-21-36-30(22-26)27-12-6-9-17-35(27)46(36)41-44-33-16-8-5-14-29(33)38(45-41)24-10-2-1-3-11-24/h1-23,42H,(H,43,47). The van der Waals surface area contributed by atoms with Crippen LogP contribution in [0.4, 0.5) is 0 Å². The lowest BCUT2D eigenvalue weighted by Gasteiger charge is -2.12. The highest BCUT2D eigenvalue weighted by molar-refractivity contribution is 6.20. The lowest BCUT2D eigenvalue weighted by molar-refractivity contribution is 1.01. The lowest BCUT2D eigenvalue weighted by Crippen LogP contribution is -2.05. The Kier molecular flexibility index (Phi) is 5.33. The van der Waals surface area contributed by atoms with Crippen molar-refractivity contribution in [3.63, 3.8) is 0 Å². The summed E-state index contributed by atoms with van der Waals surface area (Å²) in [6, 6.07) is 47.9. The number of nitrogens with one attached hydrogen (secondary N) is 2. The van der Waals surface area contributed by atoms with E-state index in [9.17, 15) is 4.79 Å². The molecule has 0 saturated heterocycles. The summed E-state index contributed by atoms with van der Waals surface area (Å²) in [6.07, 6.45) is 0. The summed E-state index contributed by atoms with van der Waals surface area (Å²) in [6.45, 7) is 0. The van der Waals surface area contributed by atoms with Crippen molar-refractivity contribution in [2.24, 2.45) is 0 Å². The molecule has 0 amide bonds. The number of hydrogen-bond acceptors (Lipinski definition) is 3. The Morgan fingerprint density at radius 2 is 1.15 bits per heavy atom. The van der Waals surface area contributed by atoms with E-state index in [-0.39, 0.29) is 5.56 Å². The molecule has 0 atom stereocenters. The van der Waals surface area contributed by atoms with Crippen LogP contribution in [-0.2, 0) is 0 Å². The lowest BCUT2D eigenvalue weighted by atomic mass is 10.00. The Labute approximate surface area is 267 Å². The van der Waals surface area contributed by atoms with Gasteiger partial charge in [0.15, 0.2) is 0 Å². The fourth-order valence-electron chi connectivity index (χ4n) is 7.16. The van der Waals surface area contributed by atoms with Crippen LogP contribution in [0.1, 0.15) is 0 Å². The fourth-order valence-corrected chi connectivity index (χ4v) is 7.16. The zero-order valence-corrected chi connectivity index (χ0v) is 25.0. The van der Waals surface area contributed by atoms with Crippen molar-refractivity contribution in [1.29, 1.82) is 0 Å². The minimum atomic E-state index is -0.114. The van der Waals surface area contributed by atoms with Crippen molar-refractivity contribution in [1.82, 2.24) is 24.5 Å². The van der Waals surface area contributed by atoms with E-state index in [2.05, 4.69) is 106 Å². The summed E-state index contributed by atoms with van der Waals surface area (Å²) in [4.78, 5) is 29.7. The summed E-state index contributed by atoms with van der Waals surface area (Å²) in [5.74, 6) is 0.638. The number of H-pyrrole nitrogens is 2. The van der Waals surface area contributed by atoms with Gasteiger partial charge in [-0.2, -0.15) is 0 Å². The molecular formula is C41H25N5O. The third kappa shape index (κ3) is 3.82. The number of pyridine rings is 1. The monoisotopic (exact) mass is 603 g/mol. The van der Waals surface area contributed by atoms with Crippen LogP contribution in [0.5, 0.6) is 0 Å². The van der Waals surface area contributed by atoms with E-state index in [4.69, 9.17) is 9.97 Å². The second-order valence-corrected chi connectivity index (χ2v) is 12.0. The summed E-state index contributed by atoms with van der Waals surface area (Å²) in [5, 5.41) is 6.27. The number of para-hydroxylation sites is 3. The SMILES string of the molecule is O=c1[nH]c2ccccc2c2c1[nH]c1ccc(-c3ccc4c(c3)c3ccccc3n4-c3nc(-c4ccccc4)c4ccccc4n3)cc12. The maximum atomic E-state index is 13.0. The summed E-state index contributed by atoms with van der Waals surface area (Å²) in [5.41, 5.74) is 9.37. The van der Waals surface area contributed by atoms with E-state index in [0.717, 1.165) is 82.3 Å². The molecule has 6 aromatic carbocycles. The number of fused-ring (bicyclic) bond motifs is 9. The van der Waals surface area contributed by atoms with Gasteiger partial charge in [-0.1, -0.05) is 97.1 Å². The molecule has 10 aromatic rings. The van der Waals surface area contributed by atoms with Crippen molar-refractivity contribution in [2.75, 3.05) is 0 Å². The van der Waals surface area contributed by atoms with Crippen LogP contribution in [0.15, 0.2) is 144 Å². The van der Waals surface area contributed by atoms with Crippen LogP contribution in [0.2, 0.25) is 0 Å². The van der Waals surface area contributed by atoms with Crippen LogP contribution < -0.4 is 5.56 Å². The third-order valence-corrected chi connectivity index (χ3v) is 9.31. The average Bonchev–Trinajstić information content (AvgIpc) is 3.68. The highest BCUT2D eigenvalue weighted by Crippen LogP contribution is 2.37. The summed E-state index contributed by atoms with van der Waals surface area (Å²) < 4.78 is 2.18. The molecule has 2 N–H and O–H groups in total. The fraction of sp³-hybridized carbons (Fsp3) is 0. The number of aromatic amines is 2. The predicted octanol–water partition coefficient (Wildman–Crippen LogP) is 9.54. The zero-order valence-electron chi connectivity index (χ0n) is 25.0. The van der Waals surface area contributed by atoms with Crippen LogP contribution in [-0.4, -0.2) is 24.5 Å². The average molecular weight is 604 g/mol. The highest BCUT2D eigenvalue weighted by Gasteiger charge is 2.18. The minimum absolute atomic E-state index is 0.114.